The van der Waals surface area contributed by atoms with Crippen LogP contribution in [0.25, 0.3) is 0 Å². The first-order valence-corrected chi connectivity index (χ1v) is 10.7. The fourth-order valence-electron chi connectivity index (χ4n) is 4.53. The summed E-state index contributed by atoms with van der Waals surface area (Å²) in [6.45, 7) is 6.42. The molecule has 1 saturated heterocycles. The molecule has 1 atom stereocenters. The Morgan fingerprint density at radius 1 is 1.10 bits per heavy atom. The molecule has 0 radical (unpaired) electrons. The Bertz CT molecular complexity index is 1050. The molecule has 1 fully saturated rings. The van der Waals surface area contributed by atoms with Gasteiger partial charge in [0.25, 0.3) is 0 Å². The number of hydrogen-bond donors (Lipinski definition) is 1. The molecule has 3 aromatic rings. The lowest BCUT2D eigenvalue weighted by Crippen LogP contribution is -3.15. The van der Waals surface area contributed by atoms with Gasteiger partial charge in [-0.05, 0) is 40.3 Å². The van der Waals surface area contributed by atoms with E-state index in [0.29, 0.717) is 12.2 Å². The van der Waals surface area contributed by atoms with Gasteiger partial charge in [0, 0.05) is 6.42 Å². The average Bonchev–Trinajstić information content (AvgIpc) is 3.45. The van der Waals surface area contributed by atoms with Crippen LogP contribution in [0.15, 0.2) is 42.5 Å². The number of rotatable bonds is 6. The van der Waals surface area contributed by atoms with Gasteiger partial charge >= 0.3 is 0 Å². The summed E-state index contributed by atoms with van der Waals surface area (Å²) in [4.78, 5) is 3.55. The van der Waals surface area contributed by atoms with E-state index in [4.69, 9.17) is 9.47 Å². The number of nitrogens with one attached hydrogen (secondary N) is 1. The van der Waals surface area contributed by atoms with Crippen molar-refractivity contribution in [3.63, 3.8) is 0 Å². The fourth-order valence-corrected chi connectivity index (χ4v) is 4.53. The minimum absolute atomic E-state index is 0.161. The number of halogens is 1. The fraction of sp³-hybridized carbons (Fsp3) is 0.409. The van der Waals surface area contributed by atoms with E-state index >= 15 is 0 Å². The number of tetrazole rings is 1. The van der Waals surface area contributed by atoms with Gasteiger partial charge in [-0.1, -0.05) is 25.1 Å². The van der Waals surface area contributed by atoms with Crippen molar-refractivity contribution in [2.45, 2.75) is 25.9 Å². The molecule has 2 aliphatic heterocycles. The largest absolute Gasteiger partial charge is 0.454 e. The maximum Gasteiger partial charge on any atom is 0.231 e. The van der Waals surface area contributed by atoms with Gasteiger partial charge in [-0.25, -0.2) is 9.07 Å². The maximum absolute atomic E-state index is 14.2. The molecule has 2 aliphatic rings. The summed E-state index contributed by atoms with van der Waals surface area (Å²) in [5.41, 5.74) is 1.74. The molecule has 5 rings (SSSR count). The van der Waals surface area contributed by atoms with Gasteiger partial charge in [0.05, 0.1) is 38.4 Å². The summed E-state index contributed by atoms with van der Waals surface area (Å²) < 4.78 is 26.9. The maximum atomic E-state index is 14.2. The van der Waals surface area contributed by atoms with Crippen molar-refractivity contribution < 1.29 is 18.8 Å². The van der Waals surface area contributed by atoms with E-state index in [0.717, 1.165) is 55.5 Å². The van der Waals surface area contributed by atoms with Crippen molar-refractivity contribution >= 4 is 5.69 Å². The molecule has 0 saturated carbocycles. The second-order valence-corrected chi connectivity index (χ2v) is 7.94. The van der Waals surface area contributed by atoms with Gasteiger partial charge in [-0.2, -0.15) is 0 Å². The minimum Gasteiger partial charge on any atom is -0.454 e. The lowest BCUT2D eigenvalue weighted by Gasteiger charge is -2.37. The van der Waals surface area contributed by atoms with E-state index in [1.54, 1.807) is 6.07 Å². The first-order valence-electron chi connectivity index (χ1n) is 10.7. The first-order chi connectivity index (χ1) is 15.2. The molecule has 2 aromatic carbocycles. The zero-order valence-corrected chi connectivity index (χ0v) is 17.5. The molecule has 0 amide bonds. The number of benzene rings is 2. The SMILES string of the molecule is CC[C@H](c1nnnn1Cc1ccc2c(c1)OCO2)[NH+]1CCN(c2ccccc2F)CC1. The molecule has 1 N–H and O–H groups in total. The summed E-state index contributed by atoms with van der Waals surface area (Å²) >= 11 is 0. The number of ether oxygens (including phenoxy) is 2. The Hall–Kier alpha value is -3.20. The zero-order chi connectivity index (χ0) is 21.2. The van der Waals surface area contributed by atoms with Gasteiger partial charge in [0.15, 0.2) is 11.5 Å². The van der Waals surface area contributed by atoms with E-state index in [1.165, 1.54) is 11.0 Å². The number of hydrogen-bond acceptors (Lipinski definition) is 6. The molecule has 0 spiro atoms. The Morgan fingerprint density at radius 3 is 2.71 bits per heavy atom. The van der Waals surface area contributed by atoms with Crippen LogP contribution in [-0.4, -0.2) is 53.2 Å². The van der Waals surface area contributed by atoms with E-state index in [1.807, 2.05) is 35.0 Å². The van der Waals surface area contributed by atoms with Gasteiger partial charge < -0.3 is 19.3 Å². The summed E-state index contributed by atoms with van der Waals surface area (Å²) in [6.07, 6.45) is 0.927. The van der Waals surface area contributed by atoms with Crippen molar-refractivity contribution in [3.05, 3.63) is 59.7 Å². The number of nitrogens with zero attached hydrogens (tertiary/aromatic N) is 5. The Kier molecular flexibility index (Phi) is 5.42. The van der Waals surface area contributed by atoms with E-state index in [-0.39, 0.29) is 18.7 Å². The Balaban J connectivity index is 1.29. The average molecular weight is 425 g/mol. The van der Waals surface area contributed by atoms with Crippen molar-refractivity contribution in [2.24, 2.45) is 0 Å². The number of anilines is 1. The third-order valence-electron chi connectivity index (χ3n) is 6.14. The van der Waals surface area contributed by atoms with E-state index in [2.05, 4.69) is 27.3 Å². The standard InChI is InChI=1S/C22H25FN6O2/c1-2-18(27-9-11-28(12-10-27)19-6-4-3-5-17(19)23)22-24-25-26-29(22)14-16-7-8-20-21(13-16)31-15-30-20/h3-8,13,18H,2,9-12,14-15H2,1H3/p+1/t18-/m1/s1. The van der Waals surface area contributed by atoms with Crippen LogP contribution in [0.4, 0.5) is 10.1 Å². The normalized spacial score (nSPS) is 17.2. The predicted octanol–water partition coefficient (Wildman–Crippen LogP) is 1.45. The number of aromatic nitrogens is 4. The topological polar surface area (TPSA) is 69.7 Å². The molecular weight excluding hydrogens is 399 g/mol. The summed E-state index contributed by atoms with van der Waals surface area (Å²) in [6, 6.07) is 13.1. The highest BCUT2D eigenvalue weighted by Gasteiger charge is 2.32. The van der Waals surface area contributed by atoms with Crippen molar-refractivity contribution in [3.8, 4) is 11.5 Å². The molecule has 0 unspecified atom stereocenters. The number of quaternary nitrogens is 1. The van der Waals surface area contributed by atoms with Crippen LogP contribution in [0.2, 0.25) is 0 Å². The Morgan fingerprint density at radius 2 is 1.90 bits per heavy atom. The first kappa shape index (κ1) is 19.7. The molecule has 3 heterocycles. The number of fused-ring (bicyclic) bond motifs is 1. The molecule has 162 valence electrons. The van der Waals surface area contributed by atoms with Crippen LogP contribution in [-0.2, 0) is 6.54 Å². The zero-order valence-electron chi connectivity index (χ0n) is 17.5. The number of piperazine rings is 1. The van der Waals surface area contributed by atoms with Crippen LogP contribution in [0.3, 0.4) is 0 Å². The molecular formula is C22H26FN6O2+. The highest BCUT2D eigenvalue weighted by atomic mass is 19.1. The second kappa shape index (κ2) is 8.50. The highest BCUT2D eigenvalue weighted by Crippen LogP contribution is 2.32. The highest BCUT2D eigenvalue weighted by molar-refractivity contribution is 5.47. The molecule has 9 heteroatoms. The second-order valence-electron chi connectivity index (χ2n) is 7.94. The quantitative estimate of drug-likeness (QED) is 0.645. The molecule has 8 nitrogen and oxygen atoms in total. The summed E-state index contributed by atoms with van der Waals surface area (Å²) in [7, 11) is 0. The third-order valence-corrected chi connectivity index (χ3v) is 6.14. The van der Waals surface area contributed by atoms with Crippen LogP contribution >= 0.6 is 0 Å². The van der Waals surface area contributed by atoms with Gasteiger partial charge in [-0.3, -0.25) is 0 Å². The van der Waals surface area contributed by atoms with E-state index < -0.39 is 0 Å². The Labute approximate surface area is 180 Å². The summed E-state index contributed by atoms with van der Waals surface area (Å²) in [5, 5.41) is 12.6. The molecule has 1 aromatic heterocycles. The van der Waals surface area contributed by atoms with Crippen LogP contribution in [0, 0.1) is 5.82 Å². The minimum atomic E-state index is -0.161. The monoisotopic (exact) mass is 425 g/mol. The lowest BCUT2D eigenvalue weighted by molar-refractivity contribution is -0.933. The lowest BCUT2D eigenvalue weighted by atomic mass is 10.1. The van der Waals surface area contributed by atoms with Crippen molar-refractivity contribution in [2.75, 3.05) is 37.9 Å². The van der Waals surface area contributed by atoms with Crippen LogP contribution in [0.1, 0.15) is 30.8 Å². The van der Waals surface area contributed by atoms with Crippen LogP contribution < -0.4 is 19.3 Å². The summed E-state index contributed by atoms with van der Waals surface area (Å²) in [5.74, 6) is 2.25. The molecule has 0 aliphatic carbocycles. The smallest absolute Gasteiger partial charge is 0.231 e. The third kappa shape index (κ3) is 3.93. The predicted molar refractivity (Wildman–Crippen MR) is 112 cm³/mol. The molecule has 0 bridgehead atoms. The van der Waals surface area contributed by atoms with Gasteiger partial charge in [0.2, 0.25) is 12.6 Å². The van der Waals surface area contributed by atoms with E-state index in [9.17, 15) is 4.39 Å². The molecule has 31 heavy (non-hydrogen) atoms. The van der Waals surface area contributed by atoms with Crippen molar-refractivity contribution in [1.82, 2.24) is 20.2 Å². The van der Waals surface area contributed by atoms with Crippen molar-refractivity contribution in [1.29, 1.82) is 0 Å². The van der Waals surface area contributed by atoms with Crippen LogP contribution in [0.5, 0.6) is 11.5 Å². The van der Waals surface area contributed by atoms with Gasteiger partial charge in [0.1, 0.15) is 11.9 Å². The number of para-hydroxylation sites is 1. The van der Waals surface area contributed by atoms with Gasteiger partial charge in [-0.15, -0.1) is 5.10 Å².